The summed E-state index contributed by atoms with van der Waals surface area (Å²) in [6, 6.07) is 14.8. The van der Waals surface area contributed by atoms with Crippen molar-refractivity contribution in [1.29, 1.82) is 0 Å². The summed E-state index contributed by atoms with van der Waals surface area (Å²) in [5.74, 6) is 0. The van der Waals surface area contributed by atoms with Crippen molar-refractivity contribution in [2.75, 3.05) is 0 Å². The lowest BCUT2D eigenvalue weighted by molar-refractivity contribution is 0.590. The van der Waals surface area contributed by atoms with E-state index >= 15 is 0 Å². The van der Waals surface area contributed by atoms with Crippen molar-refractivity contribution in [1.82, 2.24) is 4.72 Å². The molecule has 0 bridgehead atoms. The molecule has 0 aliphatic rings. The van der Waals surface area contributed by atoms with Crippen LogP contribution in [0.5, 0.6) is 0 Å². The summed E-state index contributed by atoms with van der Waals surface area (Å²) in [6.07, 6.45) is 1.48. The molecule has 0 spiro atoms. The van der Waals surface area contributed by atoms with Crippen LogP contribution in [0.3, 0.4) is 0 Å². The monoisotopic (exact) mass is 352 g/mol. The average molecular weight is 352 g/mol. The number of benzene rings is 2. The Hall–Kier alpha value is -2.00. The number of rotatable bonds is 6. The van der Waals surface area contributed by atoms with Gasteiger partial charge in [0.15, 0.2) is 0 Å². The molecule has 2 aromatic carbocycles. The molecule has 122 valence electrons. The van der Waals surface area contributed by atoms with E-state index in [2.05, 4.69) is 4.72 Å². The van der Waals surface area contributed by atoms with E-state index in [4.69, 9.17) is 5.14 Å². The van der Waals surface area contributed by atoms with Crippen molar-refractivity contribution in [2.45, 2.75) is 11.4 Å². The van der Waals surface area contributed by atoms with Gasteiger partial charge in [0, 0.05) is 12.0 Å². The number of nitrogens with two attached hydrogens (primary N) is 1. The van der Waals surface area contributed by atoms with E-state index in [0.29, 0.717) is 5.56 Å². The zero-order valence-electron chi connectivity index (χ0n) is 12.1. The quantitative estimate of drug-likeness (QED) is 0.820. The second kappa shape index (κ2) is 7.05. The lowest BCUT2D eigenvalue weighted by atomic mass is 10.2. The van der Waals surface area contributed by atoms with Gasteiger partial charge in [-0.15, -0.1) is 0 Å². The predicted octanol–water partition coefficient (Wildman–Crippen LogP) is 1.42. The molecule has 23 heavy (non-hydrogen) atoms. The largest absolute Gasteiger partial charge is 0.238 e. The Morgan fingerprint density at radius 3 is 2.30 bits per heavy atom. The van der Waals surface area contributed by atoms with Gasteiger partial charge in [0.25, 0.3) is 0 Å². The Bertz CT molecular complexity index is 906. The van der Waals surface area contributed by atoms with Crippen molar-refractivity contribution < 1.29 is 16.8 Å². The third-order valence-electron chi connectivity index (χ3n) is 2.94. The standard InChI is InChI=1S/C15H16N2O4S2/c16-23(20,21)15-8-4-7-14(11-15)12-17-22(18,19)10-9-13-5-2-1-3-6-13/h1-11,17H,12H2,(H2,16,20,21)/b10-9+. The van der Waals surface area contributed by atoms with E-state index in [0.717, 1.165) is 11.0 Å². The summed E-state index contributed by atoms with van der Waals surface area (Å²) < 4.78 is 48.8. The van der Waals surface area contributed by atoms with Crippen molar-refractivity contribution in [3.8, 4) is 0 Å². The van der Waals surface area contributed by atoms with Gasteiger partial charge in [0.1, 0.15) is 0 Å². The van der Waals surface area contributed by atoms with Crippen LogP contribution in [0.2, 0.25) is 0 Å². The highest BCUT2D eigenvalue weighted by molar-refractivity contribution is 7.92. The highest BCUT2D eigenvalue weighted by Crippen LogP contribution is 2.10. The van der Waals surface area contributed by atoms with E-state index in [1.54, 1.807) is 30.3 Å². The van der Waals surface area contributed by atoms with E-state index in [-0.39, 0.29) is 11.4 Å². The highest BCUT2D eigenvalue weighted by atomic mass is 32.2. The van der Waals surface area contributed by atoms with Gasteiger partial charge in [-0.05, 0) is 29.3 Å². The molecule has 0 aliphatic heterocycles. The molecule has 0 radical (unpaired) electrons. The molecule has 0 heterocycles. The lowest BCUT2D eigenvalue weighted by Gasteiger charge is -2.05. The summed E-state index contributed by atoms with van der Waals surface area (Å²) in [7, 11) is -7.45. The van der Waals surface area contributed by atoms with Crippen molar-refractivity contribution >= 4 is 26.1 Å². The van der Waals surface area contributed by atoms with Gasteiger partial charge in [-0.25, -0.2) is 26.7 Å². The summed E-state index contributed by atoms with van der Waals surface area (Å²) in [5, 5.41) is 6.10. The topological polar surface area (TPSA) is 106 Å². The lowest BCUT2D eigenvalue weighted by Crippen LogP contribution is -2.21. The second-order valence-corrected chi connectivity index (χ2v) is 7.98. The molecule has 2 rings (SSSR count). The molecule has 0 saturated heterocycles. The molecule has 6 nitrogen and oxygen atoms in total. The SMILES string of the molecule is NS(=O)(=O)c1cccc(CNS(=O)(=O)/C=C/c2ccccc2)c1. The summed E-state index contributed by atoms with van der Waals surface area (Å²) in [5.41, 5.74) is 1.25. The highest BCUT2D eigenvalue weighted by Gasteiger charge is 2.09. The molecule has 0 amide bonds. The molecule has 0 fully saturated rings. The number of hydrogen-bond donors (Lipinski definition) is 2. The Morgan fingerprint density at radius 2 is 1.65 bits per heavy atom. The predicted molar refractivity (Wildman–Crippen MR) is 89.1 cm³/mol. The zero-order valence-corrected chi connectivity index (χ0v) is 13.7. The maximum atomic E-state index is 11.9. The van der Waals surface area contributed by atoms with Crippen molar-refractivity contribution in [3.63, 3.8) is 0 Å². The number of sulfonamides is 2. The van der Waals surface area contributed by atoms with Crippen LogP contribution in [0.1, 0.15) is 11.1 Å². The minimum absolute atomic E-state index is 0.0369. The Kier molecular flexibility index (Phi) is 5.32. The summed E-state index contributed by atoms with van der Waals surface area (Å²) >= 11 is 0. The molecule has 0 aliphatic carbocycles. The average Bonchev–Trinajstić information content (AvgIpc) is 2.52. The first-order valence-corrected chi connectivity index (χ1v) is 9.70. The van der Waals surface area contributed by atoms with Crippen molar-refractivity contribution in [3.05, 3.63) is 71.1 Å². The summed E-state index contributed by atoms with van der Waals surface area (Å²) in [6.45, 7) is -0.0369. The minimum Gasteiger partial charge on any atom is -0.225 e. The first kappa shape index (κ1) is 17.4. The van der Waals surface area contributed by atoms with Gasteiger partial charge in [-0.3, -0.25) is 0 Å². The fourth-order valence-electron chi connectivity index (χ4n) is 1.80. The Balaban J connectivity index is 2.07. The van der Waals surface area contributed by atoms with Crippen LogP contribution < -0.4 is 9.86 Å². The Morgan fingerprint density at radius 1 is 0.957 bits per heavy atom. The molecular weight excluding hydrogens is 336 g/mol. The maximum absolute atomic E-state index is 11.9. The molecule has 0 unspecified atom stereocenters. The van der Waals surface area contributed by atoms with E-state index in [1.165, 1.54) is 24.3 Å². The van der Waals surface area contributed by atoms with Crippen molar-refractivity contribution in [2.24, 2.45) is 5.14 Å². The molecule has 2 aromatic rings. The van der Waals surface area contributed by atoms with Gasteiger partial charge >= 0.3 is 0 Å². The number of primary sulfonamides is 1. The van der Waals surface area contributed by atoms with Crippen LogP contribution >= 0.6 is 0 Å². The second-order valence-electron chi connectivity index (χ2n) is 4.77. The fraction of sp³-hybridized carbons (Fsp3) is 0.0667. The molecule has 8 heteroatoms. The van der Waals surface area contributed by atoms with Crippen LogP contribution in [0.4, 0.5) is 0 Å². The third-order valence-corrected chi connectivity index (χ3v) is 4.90. The maximum Gasteiger partial charge on any atom is 0.238 e. The normalized spacial score (nSPS) is 12.6. The molecular formula is C15H16N2O4S2. The van der Waals surface area contributed by atoms with Gasteiger partial charge in [-0.2, -0.15) is 0 Å². The molecule has 3 N–H and O–H groups in total. The first-order chi connectivity index (χ1) is 10.8. The molecule has 0 aromatic heterocycles. The first-order valence-electron chi connectivity index (χ1n) is 6.61. The van der Waals surface area contributed by atoms with Gasteiger partial charge in [0.2, 0.25) is 20.0 Å². The van der Waals surface area contributed by atoms with Crippen LogP contribution in [0.25, 0.3) is 6.08 Å². The summed E-state index contributed by atoms with van der Waals surface area (Å²) in [4.78, 5) is -0.0611. The smallest absolute Gasteiger partial charge is 0.225 e. The van der Waals surface area contributed by atoms with Crippen LogP contribution in [-0.4, -0.2) is 16.8 Å². The van der Waals surface area contributed by atoms with Gasteiger partial charge in [-0.1, -0.05) is 42.5 Å². The third kappa shape index (κ3) is 5.61. The fourth-order valence-corrected chi connectivity index (χ4v) is 3.18. The van der Waals surface area contributed by atoms with Gasteiger partial charge < -0.3 is 0 Å². The molecule has 0 atom stereocenters. The number of nitrogens with one attached hydrogen (secondary N) is 1. The van der Waals surface area contributed by atoms with E-state index in [9.17, 15) is 16.8 Å². The van der Waals surface area contributed by atoms with Crippen LogP contribution in [0.15, 0.2) is 64.9 Å². The van der Waals surface area contributed by atoms with Crippen LogP contribution in [-0.2, 0) is 26.6 Å². The Labute approximate surface area is 135 Å². The van der Waals surface area contributed by atoms with Crippen LogP contribution in [0, 0.1) is 0 Å². The number of hydrogen-bond acceptors (Lipinski definition) is 4. The van der Waals surface area contributed by atoms with Gasteiger partial charge in [0.05, 0.1) is 4.90 Å². The zero-order chi connectivity index (χ0) is 16.9. The van der Waals surface area contributed by atoms with E-state index in [1.807, 2.05) is 6.07 Å². The minimum atomic E-state index is -3.82. The van der Waals surface area contributed by atoms with E-state index < -0.39 is 20.0 Å². The molecule has 0 saturated carbocycles.